The average molecular weight is 1910 g/mol. The van der Waals surface area contributed by atoms with Crippen LogP contribution in [0.25, 0.3) is 31.3 Å². The number of ketones is 3. The van der Waals surface area contributed by atoms with Crippen molar-refractivity contribution in [3.63, 3.8) is 0 Å². The van der Waals surface area contributed by atoms with E-state index in [0.717, 1.165) is 114 Å². The second-order valence-corrected chi connectivity index (χ2v) is 37.2. The molecule has 3 aliphatic rings. The SMILES string of the molecule is CNC(=O)[C@@H](CC(=O)c1cccc2c1OCCC2NCc1cncn1Cc1ccc(-c2cncs2)cc1)Cc1ccc(Br)cc1.CNC(=O)[C@@H](CC(=O)c1cccc2c1OCCC2NCc1cncn1Cc1ccc(-c2cncs2)cc1)Cc1ccc(C)cc1.CNC(=O)[C@@H](CC(=O)c1cccc2c1OCCC2NCc1cncn1Cc1ccc(-c2cncs2)cc1)Cc1ccccc1. The number of imidazole rings is 3. The number of hydrogen-bond acceptors (Lipinski definition) is 21. The number of rotatable bonds is 36. The molecule has 6 aromatic heterocycles. The lowest BCUT2D eigenvalue weighted by atomic mass is 9.89. The summed E-state index contributed by atoms with van der Waals surface area (Å²) in [4.78, 5) is 108. The van der Waals surface area contributed by atoms with Crippen molar-refractivity contribution in [2.45, 2.75) is 122 Å². The smallest absolute Gasteiger partial charge is 0.223 e. The Morgan fingerprint density at radius 1 is 0.366 bits per heavy atom. The van der Waals surface area contributed by atoms with Gasteiger partial charge in [0.25, 0.3) is 0 Å². The number of carbonyl (C=O) groups is 6. The topological polar surface area (TPSA) is 294 Å². The number of amides is 3. The molecule has 0 spiro atoms. The van der Waals surface area contributed by atoms with Crippen molar-refractivity contribution in [1.29, 1.82) is 0 Å². The zero-order chi connectivity index (χ0) is 92.7. The van der Waals surface area contributed by atoms with E-state index in [-0.39, 0.29) is 72.5 Å². The van der Waals surface area contributed by atoms with Crippen molar-refractivity contribution in [2.24, 2.45) is 17.8 Å². The second kappa shape index (κ2) is 45.9. The lowest BCUT2D eigenvalue weighted by Crippen LogP contribution is -2.31. The highest BCUT2D eigenvalue weighted by Gasteiger charge is 2.34. The van der Waals surface area contributed by atoms with Crippen molar-refractivity contribution < 1.29 is 43.0 Å². The molecule has 18 rings (SSSR count). The number of para-hydroxylation sites is 3. The quantitative estimate of drug-likeness (QED) is 0.0199. The summed E-state index contributed by atoms with van der Waals surface area (Å²) in [5.74, 6) is -0.281. The number of thiazole rings is 3. The molecule has 6 atom stereocenters. The predicted molar refractivity (Wildman–Crippen MR) is 527 cm³/mol. The first-order chi connectivity index (χ1) is 65.5. The number of aromatic nitrogens is 9. The van der Waals surface area contributed by atoms with Gasteiger partial charge in [-0.15, -0.1) is 34.0 Å². The normalized spacial score (nSPS) is 14.8. The minimum absolute atomic E-state index is 0.0149. The standard InChI is InChI=1S/C36H37N5O3S.C35H34BrN5O3S.C35H35N5O3S/c1-24-6-8-25(9-7-24)16-28(36(43)37-2)17-33(42)31-5-3-4-30-32(14-15-44-35(30)31)40-19-29-18-38-22-41(29)21-26-10-12-27(13-11-26)34-20-39-23-45-34;1-37-35(43)26(15-23-7-11-27(36)12-8-23)16-32(42)30-4-2-3-29-31(13-14-44-34(29)30)40-18-28-17-38-21-41(28)20-24-5-9-25(10-6-24)33-19-39-22-45-33;1-36-35(42)27(16-24-6-3-2-4-7-24)17-32(41)30-9-5-8-29-31(14-15-43-34(29)30)39-19-28-18-37-22-40(28)21-25-10-12-26(13-11-25)33-20-38-23-44-33/h3-13,18,20,22-23,28,32,40H,14-17,19,21H2,1-2H3,(H,37,43);2-12,17,19,21-22,26,31,40H,13-16,18,20H2,1H3,(H,37,43);2-13,18,20,22-23,27,31,39H,14-17,19,21H2,1H3,(H,36,42)/t28-,32?;26-,31?;27-,31?/m111/s1. The molecular weight excluding hydrogens is 1800 g/mol. The number of nitrogens with zero attached hydrogens (tertiary/aromatic N) is 9. The largest absolute Gasteiger partial charge is 0.492 e. The number of aryl methyl sites for hydroxylation is 1. The third-order valence-electron chi connectivity index (χ3n) is 24.6. The first kappa shape index (κ1) is 93.9. The molecule has 0 saturated carbocycles. The molecule has 0 fully saturated rings. The molecule has 24 nitrogen and oxygen atoms in total. The summed E-state index contributed by atoms with van der Waals surface area (Å²) in [6, 6.07) is 68.7. The zero-order valence-corrected chi connectivity index (χ0v) is 79.1. The van der Waals surface area contributed by atoms with Crippen LogP contribution in [0, 0.1) is 24.7 Å². The molecule has 28 heteroatoms. The molecule has 3 unspecified atom stereocenters. The lowest BCUT2D eigenvalue weighted by Gasteiger charge is -2.28. The molecule has 134 heavy (non-hydrogen) atoms. The fraction of sp³-hybridized carbons (Fsp3) is 0.264. The summed E-state index contributed by atoms with van der Waals surface area (Å²) in [5.41, 5.74) is 24.5. The molecule has 684 valence electrons. The van der Waals surface area contributed by atoms with Crippen LogP contribution in [0.4, 0.5) is 0 Å². The highest BCUT2D eigenvalue weighted by atomic mass is 79.9. The number of ether oxygens (including phenoxy) is 3. The number of hydrogen-bond donors (Lipinski definition) is 6. The second-order valence-electron chi connectivity index (χ2n) is 33.6. The Balaban J connectivity index is 0.000000146. The maximum atomic E-state index is 13.7. The first-order valence-electron chi connectivity index (χ1n) is 45.0. The van der Waals surface area contributed by atoms with E-state index >= 15 is 0 Å². The maximum Gasteiger partial charge on any atom is 0.223 e. The van der Waals surface area contributed by atoms with E-state index in [4.69, 9.17) is 14.2 Å². The monoisotopic (exact) mass is 1910 g/mol. The Kier molecular flexibility index (Phi) is 32.1. The van der Waals surface area contributed by atoms with Crippen LogP contribution < -0.4 is 46.1 Å². The Hall–Kier alpha value is -13.3. The van der Waals surface area contributed by atoms with E-state index in [2.05, 4.69) is 164 Å². The van der Waals surface area contributed by atoms with Crippen LogP contribution in [0.5, 0.6) is 17.2 Å². The summed E-state index contributed by atoms with van der Waals surface area (Å²) < 4.78 is 25.7. The Bertz CT molecular complexity index is 6170. The molecule has 3 aliphatic heterocycles. The third-order valence-corrected chi connectivity index (χ3v) is 27.6. The molecule has 3 amide bonds. The van der Waals surface area contributed by atoms with Gasteiger partial charge in [0.1, 0.15) is 17.2 Å². The summed E-state index contributed by atoms with van der Waals surface area (Å²) in [5, 5.41) is 19.2. The Morgan fingerprint density at radius 3 is 0.978 bits per heavy atom. The van der Waals surface area contributed by atoms with Crippen molar-refractivity contribution in [3.8, 4) is 48.6 Å². The van der Waals surface area contributed by atoms with E-state index < -0.39 is 17.8 Å². The number of fused-ring (bicyclic) bond motifs is 3. The number of Topliss-reactive ketones (excluding diaryl/α,β-unsaturated/α-hetero) is 3. The Labute approximate surface area is 800 Å². The third kappa shape index (κ3) is 24.2. The number of halogens is 1. The van der Waals surface area contributed by atoms with Gasteiger partial charge in [0.2, 0.25) is 17.7 Å². The van der Waals surface area contributed by atoms with E-state index in [0.29, 0.717) is 92.7 Å². The van der Waals surface area contributed by atoms with Crippen LogP contribution >= 0.6 is 49.9 Å². The van der Waals surface area contributed by atoms with E-state index in [1.165, 1.54) is 33.4 Å². The van der Waals surface area contributed by atoms with Gasteiger partial charge < -0.3 is 59.8 Å². The highest BCUT2D eigenvalue weighted by molar-refractivity contribution is 9.10. The molecule has 9 aromatic carbocycles. The van der Waals surface area contributed by atoms with Gasteiger partial charge in [0.05, 0.1) is 104 Å². The molecule has 0 saturated heterocycles. The number of nitrogens with one attached hydrogen (secondary N) is 6. The maximum absolute atomic E-state index is 13.7. The van der Waals surface area contributed by atoms with E-state index in [9.17, 15) is 28.8 Å². The fourth-order valence-electron chi connectivity index (χ4n) is 17.4. The predicted octanol–water partition coefficient (Wildman–Crippen LogP) is 18.6. The minimum Gasteiger partial charge on any atom is -0.492 e. The van der Waals surface area contributed by atoms with Crippen molar-refractivity contribution >= 4 is 85.0 Å². The van der Waals surface area contributed by atoms with E-state index in [1.807, 2.05) is 207 Å². The molecule has 9 heterocycles. The van der Waals surface area contributed by atoms with Crippen LogP contribution in [-0.2, 0) is 72.9 Å². The van der Waals surface area contributed by atoms with E-state index in [1.54, 1.807) is 61.2 Å². The van der Waals surface area contributed by atoms with Crippen LogP contribution in [-0.4, -0.2) is 120 Å². The number of benzene rings is 9. The summed E-state index contributed by atoms with van der Waals surface area (Å²) in [6.45, 7) is 7.56. The van der Waals surface area contributed by atoms with Crippen LogP contribution in [0.1, 0.15) is 160 Å². The summed E-state index contributed by atoms with van der Waals surface area (Å²) in [7, 11) is 4.84. The molecular formula is C106H106BrN15O9S3. The van der Waals surface area contributed by atoms with Crippen molar-refractivity contribution in [1.82, 2.24) is 75.5 Å². The fourth-order valence-corrected chi connectivity index (χ4v) is 19.5. The van der Waals surface area contributed by atoms with Crippen LogP contribution in [0.2, 0.25) is 0 Å². The van der Waals surface area contributed by atoms with Gasteiger partial charge >= 0.3 is 0 Å². The highest BCUT2D eigenvalue weighted by Crippen LogP contribution is 2.41. The summed E-state index contributed by atoms with van der Waals surface area (Å²) in [6.07, 6.45) is 21.1. The lowest BCUT2D eigenvalue weighted by molar-refractivity contribution is -0.125. The van der Waals surface area contributed by atoms with Gasteiger partial charge in [-0.05, 0) is 107 Å². The zero-order valence-electron chi connectivity index (χ0n) is 75.1. The molecule has 0 bridgehead atoms. The average Bonchev–Trinajstić information content (AvgIpc) is 1.51. The molecule has 0 radical (unpaired) electrons. The molecule has 0 aliphatic carbocycles. The first-order valence-corrected chi connectivity index (χ1v) is 48.4. The number of carbonyl (C=O) groups excluding carboxylic acids is 6. The van der Waals surface area contributed by atoms with Gasteiger partial charge in [-0.3, -0.25) is 43.7 Å². The molecule has 6 N–H and O–H groups in total. The Morgan fingerprint density at radius 2 is 0.672 bits per heavy atom. The minimum atomic E-state index is -0.485. The van der Waals surface area contributed by atoms with Crippen molar-refractivity contribution in [3.05, 3.63) is 373 Å². The van der Waals surface area contributed by atoms with Crippen molar-refractivity contribution in [2.75, 3.05) is 41.0 Å². The van der Waals surface area contributed by atoms with Gasteiger partial charge in [-0.2, -0.15) is 0 Å². The van der Waals surface area contributed by atoms with Crippen LogP contribution in [0.3, 0.4) is 0 Å². The van der Waals surface area contributed by atoms with Crippen LogP contribution in [0.15, 0.2) is 283 Å². The summed E-state index contributed by atoms with van der Waals surface area (Å²) >= 11 is 8.35. The van der Waals surface area contributed by atoms with Gasteiger partial charge in [-0.25, -0.2) is 15.0 Å². The van der Waals surface area contributed by atoms with Gasteiger partial charge in [0.15, 0.2) is 17.3 Å². The van der Waals surface area contributed by atoms with Gasteiger partial charge in [0, 0.05) is 193 Å². The molecule has 15 aromatic rings. The van der Waals surface area contributed by atoms with Gasteiger partial charge in [-0.1, -0.05) is 197 Å².